The second kappa shape index (κ2) is 6.78. The van der Waals surface area contributed by atoms with Gasteiger partial charge in [0.25, 0.3) is 0 Å². The molecule has 5 nitrogen and oxygen atoms in total. The molecule has 19 heavy (non-hydrogen) atoms. The number of amides is 1. The number of amidine groups is 1. The molecule has 1 amide bonds. The minimum atomic E-state index is -0.850. The van der Waals surface area contributed by atoms with Crippen molar-refractivity contribution in [3.8, 4) is 0 Å². The van der Waals surface area contributed by atoms with E-state index in [2.05, 4.69) is 17.4 Å². The molecule has 0 saturated heterocycles. The second-order valence-electron chi connectivity index (χ2n) is 5.81. The lowest BCUT2D eigenvalue weighted by molar-refractivity contribution is -0.130. The van der Waals surface area contributed by atoms with Crippen molar-refractivity contribution in [1.82, 2.24) is 5.32 Å². The zero-order valence-corrected chi connectivity index (χ0v) is 12.3. The van der Waals surface area contributed by atoms with Gasteiger partial charge in [-0.05, 0) is 31.6 Å². The third kappa shape index (κ3) is 3.39. The molecule has 0 radical (unpaired) electrons. The van der Waals surface area contributed by atoms with Gasteiger partial charge in [-0.15, -0.1) is 0 Å². The Bertz CT molecular complexity index is 330. The third-order valence-corrected chi connectivity index (χ3v) is 4.10. The van der Waals surface area contributed by atoms with Gasteiger partial charge in [-0.3, -0.25) is 4.79 Å². The fraction of sp³-hybridized carbons (Fsp3) is 0.857. The van der Waals surface area contributed by atoms with Crippen molar-refractivity contribution in [1.29, 1.82) is 0 Å². The minimum Gasteiger partial charge on any atom is -0.409 e. The lowest BCUT2D eigenvalue weighted by atomic mass is 9.75. The first-order chi connectivity index (χ1) is 9.00. The molecule has 0 bridgehead atoms. The molecule has 1 fully saturated rings. The van der Waals surface area contributed by atoms with Gasteiger partial charge in [0.15, 0.2) is 5.84 Å². The molecule has 4 N–H and O–H groups in total. The van der Waals surface area contributed by atoms with Crippen LogP contribution in [0, 0.1) is 11.3 Å². The Kier molecular flexibility index (Phi) is 5.63. The standard InChI is InChI=1S/C14H27N3O2/c1-4-6-14(7-5-2,12(15)17-19)13(18)16-11-8-10(3)9-11/h10-11,19H,4-9H2,1-3H3,(H2,15,17)(H,16,18). The molecule has 0 aromatic carbocycles. The first-order valence-electron chi connectivity index (χ1n) is 7.29. The molecule has 1 rings (SSSR count). The van der Waals surface area contributed by atoms with Gasteiger partial charge in [-0.2, -0.15) is 0 Å². The SMILES string of the molecule is CCCC(CCC)(C(=O)NC1CC(C)C1)C(N)=NO. The Balaban J connectivity index is 2.83. The quantitative estimate of drug-likeness (QED) is 0.286. The molecule has 1 saturated carbocycles. The molecule has 0 aromatic rings. The van der Waals surface area contributed by atoms with E-state index in [1.807, 2.05) is 13.8 Å². The first kappa shape index (κ1) is 15.8. The molecule has 0 atom stereocenters. The highest BCUT2D eigenvalue weighted by molar-refractivity contribution is 6.06. The van der Waals surface area contributed by atoms with Gasteiger partial charge in [-0.1, -0.05) is 38.8 Å². The molecule has 1 aliphatic rings. The summed E-state index contributed by atoms with van der Waals surface area (Å²) in [6, 6.07) is 0.252. The minimum absolute atomic E-state index is 0.0427. The van der Waals surface area contributed by atoms with Crippen molar-refractivity contribution >= 4 is 11.7 Å². The maximum absolute atomic E-state index is 12.6. The van der Waals surface area contributed by atoms with Crippen LogP contribution >= 0.6 is 0 Å². The number of hydrogen-bond acceptors (Lipinski definition) is 3. The van der Waals surface area contributed by atoms with Gasteiger partial charge in [0.1, 0.15) is 5.41 Å². The summed E-state index contributed by atoms with van der Waals surface area (Å²) < 4.78 is 0. The summed E-state index contributed by atoms with van der Waals surface area (Å²) in [4.78, 5) is 12.6. The highest BCUT2D eigenvalue weighted by Crippen LogP contribution is 2.33. The monoisotopic (exact) mass is 269 g/mol. The Labute approximate surface area is 115 Å². The molecule has 0 spiro atoms. The second-order valence-corrected chi connectivity index (χ2v) is 5.81. The highest BCUT2D eigenvalue weighted by Gasteiger charge is 2.43. The maximum Gasteiger partial charge on any atom is 0.234 e. The largest absolute Gasteiger partial charge is 0.409 e. The summed E-state index contributed by atoms with van der Waals surface area (Å²) in [5.41, 5.74) is 4.98. The van der Waals surface area contributed by atoms with Crippen LogP contribution in [0.15, 0.2) is 5.16 Å². The lowest BCUT2D eigenvalue weighted by Crippen LogP contribution is -2.54. The molecule has 110 valence electrons. The van der Waals surface area contributed by atoms with Gasteiger partial charge >= 0.3 is 0 Å². The summed E-state index contributed by atoms with van der Waals surface area (Å²) in [6.07, 6.45) is 4.93. The van der Waals surface area contributed by atoms with Crippen molar-refractivity contribution in [3.63, 3.8) is 0 Å². The zero-order chi connectivity index (χ0) is 14.5. The number of nitrogens with one attached hydrogen (secondary N) is 1. The third-order valence-electron chi connectivity index (χ3n) is 4.10. The number of oxime groups is 1. The number of rotatable bonds is 7. The predicted octanol–water partition coefficient (Wildman–Crippen LogP) is 2.23. The van der Waals surface area contributed by atoms with E-state index in [4.69, 9.17) is 10.9 Å². The van der Waals surface area contributed by atoms with Gasteiger partial charge in [0.05, 0.1) is 0 Å². The number of carbonyl (C=O) groups excluding carboxylic acids is 1. The number of carbonyl (C=O) groups is 1. The van der Waals surface area contributed by atoms with E-state index < -0.39 is 5.41 Å². The number of hydrogen-bond donors (Lipinski definition) is 3. The smallest absolute Gasteiger partial charge is 0.234 e. The summed E-state index contributed by atoms with van der Waals surface area (Å²) in [5.74, 6) is 0.644. The van der Waals surface area contributed by atoms with Crippen LogP contribution in [-0.4, -0.2) is 23.0 Å². The van der Waals surface area contributed by atoms with E-state index >= 15 is 0 Å². The van der Waals surface area contributed by atoms with E-state index in [-0.39, 0.29) is 17.8 Å². The van der Waals surface area contributed by atoms with Crippen molar-refractivity contribution in [2.75, 3.05) is 0 Å². The van der Waals surface area contributed by atoms with Gasteiger partial charge in [-0.25, -0.2) is 0 Å². The highest BCUT2D eigenvalue weighted by atomic mass is 16.4. The Morgan fingerprint density at radius 1 is 1.37 bits per heavy atom. The maximum atomic E-state index is 12.6. The Morgan fingerprint density at radius 2 is 1.89 bits per heavy atom. The van der Waals surface area contributed by atoms with Crippen molar-refractivity contribution in [2.24, 2.45) is 22.2 Å². The van der Waals surface area contributed by atoms with Crippen LogP contribution in [0.4, 0.5) is 0 Å². The summed E-state index contributed by atoms with van der Waals surface area (Å²) in [5, 5.41) is 15.2. The van der Waals surface area contributed by atoms with Crippen LogP contribution in [0.2, 0.25) is 0 Å². The van der Waals surface area contributed by atoms with Gasteiger partial charge in [0, 0.05) is 6.04 Å². The van der Waals surface area contributed by atoms with Crippen molar-refractivity contribution < 1.29 is 10.0 Å². The van der Waals surface area contributed by atoms with E-state index in [9.17, 15) is 4.79 Å². The molecule has 0 unspecified atom stereocenters. The Morgan fingerprint density at radius 3 is 2.26 bits per heavy atom. The zero-order valence-electron chi connectivity index (χ0n) is 12.3. The molecule has 0 heterocycles. The molecule has 0 aliphatic heterocycles. The van der Waals surface area contributed by atoms with Crippen molar-refractivity contribution in [2.45, 2.75) is 65.3 Å². The van der Waals surface area contributed by atoms with Crippen LogP contribution in [0.3, 0.4) is 0 Å². The van der Waals surface area contributed by atoms with Crippen LogP contribution in [-0.2, 0) is 4.79 Å². The fourth-order valence-electron chi connectivity index (χ4n) is 3.02. The average molecular weight is 269 g/mol. The lowest BCUT2D eigenvalue weighted by Gasteiger charge is -2.38. The molecule has 0 aromatic heterocycles. The number of nitrogens with two attached hydrogens (primary N) is 1. The Hall–Kier alpha value is -1.26. The summed E-state index contributed by atoms with van der Waals surface area (Å²) in [6.45, 7) is 6.19. The van der Waals surface area contributed by atoms with Crippen LogP contribution < -0.4 is 11.1 Å². The average Bonchev–Trinajstić information content (AvgIpc) is 2.35. The van der Waals surface area contributed by atoms with E-state index in [0.29, 0.717) is 18.8 Å². The van der Waals surface area contributed by atoms with E-state index in [1.165, 1.54) is 0 Å². The van der Waals surface area contributed by atoms with Crippen molar-refractivity contribution in [3.05, 3.63) is 0 Å². The van der Waals surface area contributed by atoms with Gasteiger partial charge in [0.2, 0.25) is 5.91 Å². The topological polar surface area (TPSA) is 87.7 Å². The first-order valence-corrected chi connectivity index (χ1v) is 7.29. The molecular weight excluding hydrogens is 242 g/mol. The van der Waals surface area contributed by atoms with Crippen LogP contribution in [0.25, 0.3) is 0 Å². The molecule has 5 heteroatoms. The molecular formula is C14H27N3O2. The summed E-state index contributed by atoms with van der Waals surface area (Å²) in [7, 11) is 0. The summed E-state index contributed by atoms with van der Waals surface area (Å²) >= 11 is 0. The predicted molar refractivity (Wildman–Crippen MR) is 76.0 cm³/mol. The molecule has 1 aliphatic carbocycles. The fourth-order valence-corrected chi connectivity index (χ4v) is 3.02. The van der Waals surface area contributed by atoms with Crippen LogP contribution in [0.5, 0.6) is 0 Å². The van der Waals surface area contributed by atoms with E-state index in [0.717, 1.165) is 25.7 Å². The van der Waals surface area contributed by atoms with Gasteiger partial charge < -0.3 is 16.3 Å². The van der Waals surface area contributed by atoms with Crippen LogP contribution in [0.1, 0.15) is 59.3 Å². The number of nitrogens with zero attached hydrogens (tertiary/aromatic N) is 1. The normalized spacial score (nSPS) is 23.8. The van der Waals surface area contributed by atoms with E-state index in [1.54, 1.807) is 0 Å².